The molecule has 0 radical (unpaired) electrons. The van der Waals surface area contributed by atoms with Gasteiger partial charge in [0.1, 0.15) is 5.82 Å². The van der Waals surface area contributed by atoms with Crippen molar-refractivity contribution in [3.05, 3.63) is 18.2 Å². The van der Waals surface area contributed by atoms with E-state index in [0.29, 0.717) is 12.0 Å². The Morgan fingerprint density at radius 1 is 1.53 bits per heavy atom. The summed E-state index contributed by atoms with van der Waals surface area (Å²) in [6.45, 7) is 4.30. The van der Waals surface area contributed by atoms with Crippen LogP contribution in [-0.4, -0.2) is 9.55 Å². The molecule has 2 atom stereocenters. The standard InChI is InChI=1S/C12H17N3/c1-9(2)12-14-6-7-15(12)11-5-3-4-10(11)8-13/h6-7,9-11H,3-5H2,1-2H3. The van der Waals surface area contributed by atoms with E-state index in [1.54, 1.807) is 0 Å². The topological polar surface area (TPSA) is 41.6 Å². The van der Waals surface area contributed by atoms with Crippen LogP contribution in [0, 0.1) is 17.2 Å². The molecule has 1 saturated carbocycles. The fraction of sp³-hybridized carbons (Fsp3) is 0.667. The molecule has 1 fully saturated rings. The highest BCUT2D eigenvalue weighted by molar-refractivity contribution is 5.05. The number of nitrogens with zero attached hydrogens (tertiary/aromatic N) is 3. The van der Waals surface area contributed by atoms with Gasteiger partial charge in [0.2, 0.25) is 0 Å². The van der Waals surface area contributed by atoms with Gasteiger partial charge in [-0.1, -0.05) is 13.8 Å². The fourth-order valence-electron chi connectivity index (χ4n) is 2.48. The van der Waals surface area contributed by atoms with Crippen molar-refractivity contribution in [2.45, 2.75) is 45.1 Å². The smallest absolute Gasteiger partial charge is 0.111 e. The van der Waals surface area contributed by atoms with Crippen LogP contribution in [0.2, 0.25) is 0 Å². The third-order valence-corrected chi connectivity index (χ3v) is 3.22. The Labute approximate surface area is 90.7 Å². The summed E-state index contributed by atoms with van der Waals surface area (Å²) < 4.78 is 2.21. The lowest BCUT2D eigenvalue weighted by Crippen LogP contribution is -2.15. The Balaban J connectivity index is 2.29. The first-order chi connectivity index (χ1) is 7.24. The maximum Gasteiger partial charge on any atom is 0.111 e. The number of rotatable bonds is 2. The Morgan fingerprint density at radius 3 is 3.00 bits per heavy atom. The number of imidazole rings is 1. The SMILES string of the molecule is CC(C)c1nccn1C1CCCC1C#N. The molecule has 1 aromatic rings. The van der Waals surface area contributed by atoms with E-state index in [4.69, 9.17) is 5.26 Å². The second-order valence-electron chi connectivity index (χ2n) is 4.58. The van der Waals surface area contributed by atoms with Gasteiger partial charge in [-0.3, -0.25) is 0 Å². The molecule has 80 valence electrons. The van der Waals surface area contributed by atoms with E-state index in [9.17, 15) is 0 Å². The molecule has 0 amide bonds. The lowest BCUT2D eigenvalue weighted by Gasteiger charge is -2.19. The van der Waals surface area contributed by atoms with Gasteiger partial charge in [-0.05, 0) is 19.3 Å². The predicted octanol–water partition coefficient (Wildman–Crippen LogP) is 2.87. The summed E-state index contributed by atoms with van der Waals surface area (Å²) >= 11 is 0. The molecule has 3 heteroatoms. The van der Waals surface area contributed by atoms with Crippen LogP contribution in [0.5, 0.6) is 0 Å². The molecule has 0 aromatic carbocycles. The molecule has 0 bridgehead atoms. The van der Waals surface area contributed by atoms with E-state index >= 15 is 0 Å². The second kappa shape index (κ2) is 4.06. The first-order valence-electron chi connectivity index (χ1n) is 5.66. The molecule has 2 rings (SSSR count). The molecule has 0 saturated heterocycles. The molecule has 0 N–H and O–H groups in total. The van der Waals surface area contributed by atoms with E-state index in [0.717, 1.165) is 18.7 Å². The van der Waals surface area contributed by atoms with Crippen LogP contribution in [0.15, 0.2) is 12.4 Å². The van der Waals surface area contributed by atoms with Crippen molar-refractivity contribution in [2.75, 3.05) is 0 Å². The lowest BCUT2D eigenvalue weighted by molar-refractivity contribution is 0.428. The Morgan fingerprint density at radius 2 is 2.33 bits per heavy atom. The Bertz CT molecular complexity index is 372. The summed E-state index contributed by atoms with van der Waals surface area (Å²) in [5.74, 6) is 1.72. The largest absolute Gasteiger partial charge is 0.330 e. The van der Waals surface area contributed by atoms with Gasteiger partial charge in [0.25, 0.3) is 0 Å². The van der Waals surface area contributed by atoms with E-state index in [2.05, 4.69) is 29.5 Å². The summed E-state index contributed by atoms with van der Waals surface area (Å²) in [6.07, 6.45) is 7.20. The molecule has 15 heavy (non-hydrogen) atoms. The monoisotopic (exact) mass is 203 g/mol. The minimum atomic E-state index is 0.177. The van der Waals surface area contributed by atoms with Crippen LogP contribution in [0.4, 0.5) is 0 Å². The van der Waals surface area contributed by atoms with E-state index < -0.39 is 0 Å². The molecule has 3 nitrogen and oxygen atoms in total. The third-order valence-electron chi connectivity index (χ3n) is 3.22. The lowest BCUT2D eigenvalue weighted by atomic mass is 10.0. The van der Waals surface area contributed by atoms with Gasteiger partial charge in [0.05, 0.1) is 18.0 Å². The van der Waals surface area contributed by atoms with Crippen LogP contribution in [0.1, 0.15) is 50.9 Å². The van der Waals surface area contributed by atoms with Gasteiger partial charge in [0, 0.05) is 18.3 Å². The quantitative estimate of drug-likeness (QED) is 0.741. The Kier molecular flexibility index (Phi) is 2.77. The first kappa shape index (κ1) is 10.2. The fourth-order valence-corrected chi connectivity index (χ4v) is 2.48. The van der Waals surface area contributed by atoms with Gasteiger partial charge in [0.15, 0.2) is 0 Å². The first-order valence-corrected chi connectivity index (χ1v) is 5.66. The number of hydrogen-bond donors (Lipinski definition) is 0. The molecule has 2 unspecified atom stereocenters. The van der Waals surface area contributed by atoms with Crippen LogP contribution >= 0.6 is 0 Å². The van der Waals surface area contributed by atoms with Gasteiger partial charge in [-0.2, -0.15) is 5.26 Å². The molecule has 1 heterocycles. The summed E-state index contributed by atoms with van der Waals surface area (Å²) in [4.78, 5) is 4.38. The van der Waals surface area contributed by atoms with Crippen molar-refractivity contribution < 1.29 is 0 Å². The zero-order valence-corrected chi connectivity index (χ0v) is 9.35. The van der Waals surface area contributed by atoms with E-state index in [1.165, 1.54) is 6.42 Å². The van der Waals surface area contributed by atoms with Crippen LogP contribution in [-0.2, 0) is 0 Å². The normalized spacial score (nSPS) is 25.7. The molecule has 0 spiro atoms. The molecule has 1 aliphatic carbocycles. The molecule has 1 aliphatic rings. The van der Waals surface area contributed by atoms with Gasteiger partial charge in [-0.15, -0.1) is 0 Å². The molecule has 1 aromatic heterocycles. The van der Waals surface area contributed by atoms with Crippen molar-refractivity contribution in [2.24, 2.45) is 5.92 Å². The van der Waals surface area contributed by atoms with Gasteiger partial charge in [-0.25, -0.2) is 4.98 Å². The Hall–Kier alpha value is -1.30. The van der Waals surface area contributed by atoms with Gasteiger partial charge < -0.3 is 4.57 Å². The van der Waals surface area contributed by atoms with Crippen LogP contribution in [0.3, 0.4) is 0 Å². The minimum absolute atomic E-state index is 0.177. The zero-order chi connectivity index (χ0) is 10.8. The van der Waals surface area contributed by atoms with Crippen molar-refractivity contribution in [1.29, 1.82) is 5.26 Å². The maximum atomic E-state index is 9.08. The highest BCUT2D eigenvalue weighted by Gasteiger charge is 2.30. The third kappa shape index (κ3) is 1.77. The van der Waals surface area contributed by atoms with E-state index in [1.807, 2.05) is 12.4 Å². The minimum Gasteiger partial charge on any atom is -0.330 e. The van der Waals surface area contributed by atoms with E-state index in [-0.39, 0.29) is 5.92 Å². The molecule has 0 aliphatic heterocycles. The second-order valence-corrected chi connectivity index (χ2v) is 4.58. The average Bonchev–Trinajstić information content (AvgIpc) is 2.85. The maximum absolute atomic E-state index is 9.08. The van der Waals surface area contributed by atoms with Crippen LogP contribution < -0.4 is 0 Å². The predicted molar refractivity (Wildman–Crippen MR) is 58.3 cm³/mol. The zero-order valence-electron chi connectivity index (χ0n) is 9.35. The number of hydrogen-bond acceptors (Lipinski definition) is 2. The molecular formula is C12H17N3. The average molecular weight is 203 g/mol. The van der Waals surface area contributed by atoms with Gasteiger partial charge >= 0.3 is 0 Å². The van der Waals surface area contributed by atoms with Crippen molar-refractivity contribution in [1.82, 2.24) is 9.55 Å². The van der Waals surface area contributed by atoms with Crippen molar-refractivity contribution >= 4 is 0 Å². The highest BCUT2D eigenvalue weighted by atomic mass is 15.1. The number of aromatic nitrogens is 2. The summed E-state index contributed by atoms with van der Waals surface area (Å²) in [5.41, 5.74) is 0. The summed E-state index contributed by atoms with van der Waals surface area (Å²) in [7, 11) is 0. The summed E-state index contributed by atoms with van der Waals surface area (Å²) in [5, 5.41) is 9.08. The van der Waals surface area contributed by atoms with Crippen molar-refractivity contribution in [3.8, 4) is 6.07 Å². The summed E-state index contributed by atoms with van der Waals surface area (Å²) in [6, 6.07) is 2.78. The number of nitriles is 1. The highest BCUT2D eigenvalue weighted by Crippen LogP contribution is 2.36. The molecular weight excluding hydrogens is 186 g/mol. The van der Waals surface area contributed by atoms with Crippen LogP contribution in [0.25, 0.3) is 0 Å². The van der Waals surface area contributed by atoms with Crippen molar-refractivity contribution in [3.63, 3.8) is 0 Å².